The topological polar surface area (TPSA) is 38.7 Å². The second kappa shape index (κ2) is 7.06. The van der Waals surface area contributed by atoms with Gasteiger partial charge in [-0.05, 0) is 30.8 Å². The zero-order valence-electron chi connectivity index (χ0n) is 10.8. The van der Waals surface area contributed by atoms with Crippen LogP contribution in [0.3, 0.4) is 0 Å². The van der Waals surface area contributed by atoms with Crippen molar-refractivity contribution in [1.82, 2.24) is 15.0 Å². The van der Waals surface area contributed by atoms with E-state index in [2.05, 4.69) is 15.0 Å². The van der Waals surface area contributed by atoms with Crippen molar-refractivity contribution < 1.29 is 0 Å². The second-order valence-corrected chi connectivity index (χ2v) is 9.78. The molecule has 0 aliphatic carbocycles. The molecule has 10 heteroatoms. The van der Waals surface area contributed by atoms with Crippen LogP contribution in [0.2, 0.25) is 0 Å². The predicted molar refractivity (Wildman–Crippen MR) is 93.6 cm³/mol. The van der Waals surface area contributed by atoms with E-state index in [0.717, 1.165) is 10.5 Å². The smallest absolute Gasteiger partial charge is 0.209 e. The summed E-state index contributed by atoms with van der Waals surface area (Å²) in [4.78, 5) is 13.0. The van der Waals surface area contributed by atoms with Crippen molar-refractivity contribution in [3.8, 4) is 0 Å². The molecule has 2 rings (SSSR count). The fourth-order valence-corrected chi connectivity index (χ4v) is 2.62. The molecule has 3 nitrogen and oxygen atoms in total. The molecule has 0 saturated heterocycles. The van der Waals surface area contributed by atoms with Gasteiger partial charge in [-0.15, -0.1) is 0 Å². The lowest BCUT2D eigenvalue weighted by atomic mass is 10.2. The highest BCUT2D eigenvalue weighted by atomic mass is 35.6. The van der Waals surface area contributed by atoms with Crippen LogP contribution in [0.25, 0.3) is 0 Å². The monoisotopic (exact) mass is 435 g/mol. The Morgan fingerprint density at radius 2 is 1.23 bits per heavy atom. The molecule has 0 radical (unpaired) electrons. The predicted octanol–water partition coefficient (Wildman–Crippen LogP) is 5.98. The maximum atomic E-state index is 5.82. The van der Waals surface area contributed by atoms with Gasteiger partial charge in [0, 0.05) is 4.90 Å². The molecule has 0 fully saturated rings. The number of aryl methyl sites for hydroxylation is 1. The molecule has 0 saturated carbocycles. The minimum atomic E-state index is -1.85. The van der Waals surface area contributed by atoms with E-state index >= 15 is 0 Å². The van der Waals surface area contributed by atoms with Gasteiger partial charge in [0.25, 0.3) is 0 Å². The van der Waals surface area contributed by atoms with Gasteiger partial charge in [-0.3, -0.25) is 0 Å². The van der Waals surface area contributed by atoms with Gasteiger partial charge in [-0.2, -0.15) is 0 Å². The summed E-state index contributed by atoms with van der Waals surface area (Å²) in [5.74, 6) is -0.216. The standard InChI is InChI=1S/C12H7Cl6N3S/c1-6-2-4-7(5-3-6)22-10-20-8(11(13,14)15)19-9(21-10)12(16,17)18/h2-5H,1H3. The quantitative estimate of drug-likeness (QED) is 0.541. The van der Waals surface area contributed by atoms with E-state index in [9.17, 15) is 0 Å². The fourth-order valence-electron chi connectivity index (χ4n) is 1.37. The van der Waals surface area contributed by atoms with E-state index in [-0.39, 0.29) is 16.8 Å². The number of nitrogens with zero attached hydrogens (tertiary/aromatic N) is 3. The molecule has 1 aromatic carbocycles. The van der Waals surface area contributed by atoms with Crippen molar-refractivity contribution in [2.75, 3.05) is 0 Å². The largest absolute Gasteiger partial charge is 0.250 e. The van der Waals surface area contributed by atoms with Crippen LogP contribution in [-0.4, -0.2) is 15.0 Å². The first-order valence-corrected chi connectivity index (χ1v) is 8.79. The second-order valence-electron chi connectivity index (χ2n) is 4.18. The molecular formula is C12H7Cl6N3S. The normalized spacial score (nSPS) is 12.5. The van der Waals surface area contributed by atoms with Crippen LogP contribution >= 0.6 is 81.4 Å². The molecule has 0 unspecified atom stereocenters. The summed E-state index contributed by atoms with van der Waals surface area (Å²) in [6.07, 6.45) is 0. The number of hydrogen-bond donors (Lipinski definition) is 0. The first kappa shape index (κ1) is 18.7. The summed E-state index contributed by atoms with van der Waals surface area (Å²) in [5.41, 5.74) is 1.13. The molecule has 118 valence electrons. The van der Waals surface area contributed by atoms with Crippen LogP contribution in [0, 0.1) is 6.92 Å². The molecule has 0 aliphatic rings. The molecule has 1 heterocycles. The minimum absolute atomic E-state index is 0.108. The van der Waals surface area contributed by atoms with E-state index in [1.807, 2.05) is 31.2 Å². The molecule has 0 aliphatic heterocycles. The van der Waals surface area contributed by atoms with E-state index in [1.165, 1.54) is 11.8 Å². The number of rotatable bonds is 2. The maximum absolute atomic E-state index is 5.82. The van der Waals surface area contributed by atoms with E-state index in [0.29, 0.717) is 0 Å². The summed E-state index contributed by atoms with van der Waals surface area (Å²) >= 11 is 36.1. The maximum Gasteiger partial charge on any atom is 0.250 e. The van der Waals surface area contributed by atoms with Gasteiger partial charge >= 0.3 is 0 Å². The van der Waals surface area contributed by atoms with Crippen LogP contribution < -0.4 is 0 Å². The summed E-state index contributed by atoms with van der Waals surface area (Å²) in [6, 6.07) is 7.73. The van der Waals surface area contributed by atoms with Gasteiger partial charge in [-0.1, -0.05) is 87.3 Å². The number of halogens is 6. The van der Waals surface area contributed by atoms with E-state index < -0.39 is 7.59 Å². The van der Waals surface area contributed by atoms with Gasteiger partial charge < -0.3 is 0 Å². The molecule has 1 aromatic heterocycles. The fraction of sp³-hybridized carbons (Fsp3) is 0.250. The Kier molecular flexibility index (Phi) is 5.98. The number of alkyl halides is 6. The lowest BCUT2D eigenvalue weighted by Crippen LogP contribution is -2.16. The summed E-state index contributed by atoms with van der Waals surface area (Å²) in [5, 5.41) is 0.265. The van der Waals surface area contributed by atoms with Gasteiger partial charge in [0.15, 0.2) is 16.8 Å². The van der Waals surface area contributed by atoms with Crippen molar-refractivity contribution in [1.29, 1.82) is 0 Å². The molecule has 22 heavy (non-hydrogen) atoms. The SMILES string of the molecule is Cc1ccc(Sc2nc(C(Cl)(Cl)Cl)nc(C(Cl)(Cl)Cl)n2)cc1. The molecular weight excluding hydrogens is 431 g/mol. The van der Waals surface area contributed by atoms with Gasteiger partial charge in [0.2, 0.25) is 7.59 Å². The van der Waals surface area contributed by atoms with Crippen molar-refractivity contribution in [3.63, 3.8) is 0 Å². The summed E-state index contributed by atoms with van der Waals surface area (Å²) in [6.45, 7) is 1.99. The molecule has 0 N–H and O–H groups in total. The molecule has 0 spiro atoms. The van der Waals surface area contributed by atoms with Crippen LogP contribution in [0.4, 0.5) is 0 Å². The van der Waals surface area contributed by atoms with Gasteiger partial charge in [-0.25, -0.2) is 15.0 Å². The Hall–Kier alpha value is 0.320. The van der Waals surface area contributed by atoms with E-state index in [1.54, 1.807) is 0 Å². The van der Waals surface area contributed by atoms with Crippen LogP contribution in [0.1, 0.15) is 17.2 Å². The zero-order chi connectivity index (χ0) is 16.5. The summed E-state index contributed by atoms with van der Waals surface area (Å²) < 4.78 is -3.70. The van der Waals surface area contributed by atoms with Crippen molar-refractivity contribution >= 4 is 81.4 Å². The van der Waals surface area contributed by atoms with Gasteiger partial charge in [0.05, 0.1) is 0 Å². The summed E-state index contributed by atoms with van der Waals surface area (Å²) in [7, 11) is 0. The van der Waals surface area contributed by atoms with Crippen LogP contribution in [-0.2, 0) is 7.59 Å². The van der Waals surface area contributed by atoms with Crippen molar-refractivity contribution in [2.45, 2.75) is 24.6 Å². The third-order valence-electron chi connectivity index (χ3n) is 2.35. The Morgan fingerprint density at radius 1 is 0.773 bits per heavy atom. The molecule has 0 bridgehead atoms. The first-order chi connectivity index (χ1) is 10.1. The number of aromatic nitrogens is 3. The Morgan fingerprint density at radius 3 is 1.64 bits per heavy atom. The van der Waals surface area contributed by atoms with Crippen molar-refractivity contribution in [2.24, 2.45) is 0 Å². The van der Waals surface area contributed by atoms with E-state index in [4.69, 9.17) is 69.6 Å². The van der Waals surface area contributed by atoms with Gasteiger partial charge in [0.1, 0.15) is 0 Å². The van der Waals surface area contributed by atoms with Crippen molar-refractivity contribution in [3.05, 3.63) is 41.5 Å². The Labute approximate surface area is 161 Å². The first-order valence-electron chi connectivity index (χ1n) is 5.71. The Balaban J connectivity index is 2.44. The highest BCUT2D eigenvalue weighted by Crippen LogP contribution is 2.41. The minimum Gasteiger partial charge on any atom is -0.209 e. The third-order valence-corrected chi connectivity index (χ3v) is 4.24. The van der Waals surface area contributed by atoms with Crippen LogP contribution in [0.5, 0.6) is 0 Å². The van der Waals surface area contributed by atoms with Crippen LogP contribution in [0.15, 0.2) is 34.3 Å². The highest BCUT2D eigenvalue weighted by molar-refractivity contribution is 7.99. The molecule has 0 atom stereocenters. The average molecular weight is 438 g/mol. The lowest BCUT2D eigenvalue weighted by Gasteiger charge is -2.15. The lowest BCUT2D eigenvalue weighted by molar-refractivity contribution is 0.768. The highest BCUT2D eigenvalue weighted by Gasteiger charge is 2.33. The Bertz CT molecular complexity index is 634. The third kappa shape index (κ3) is 5.17. The number of benzene rings is 1. The molecule has 2 aromatic rings. The number of hydrogen-bond acceptors (Lipinski definition) is 4. The zero-order valence-corrected chi connectivity index (χ0v) is 16.2. The molecule has 0 amide bonds. The average Bonchev–Trinajstić information content (AvgIpc) is 2.39.